The molecule has 0 radical (unpaired) electrons. The van der Waals surface area contributed by atoms with Crippen molar-refractivity contribution in [3.63, 3.8) is 0 Å². The Hall–Kier alpha value is -3.17. The number of carboxylic acid groups (broad SMARTS) is 1. The molecule has 34 heavy (non-hydrogen) atoms. The minimum Gasteiger partial charge on any atom is -0.478 e. The lowest BCUT2D eigenvalue weighted by Crippen LogP contribution is -2.21. The lowest BCUT2D eigenvalue weighted by Gasteiger charge is -2.25. The third-order valence-corrected chi connectivity index (χ3v) is 6.82. The van der Waals surface area contributed by atoms with Gasteiger partial charge in [-0.3, -0.25) is 9.36 Å². The third-order valence-electron chi connectivity index (χ3n) is 5.62. The zero-order valence-electron chi connectivity index (χ0n) is 18.4. The topological polar surface area (TPSA) is 109 Å². The monoisotopic (exact) mass is 497 g/mol. The largest absolute Gasteiger partial charge is 0.478 e. The quantitative estimate of drug-likeness (QED) is 0.256. The van der Waals surface area contributed by atoms with E-state index in [2.05, 4.69) is 25.3 Å². The zero-order chi connectivity index (χ0) is 23.9. The van der Waals surface area contributed by atoms with E-state index in [1.54, 1.807) is 18.2 Å². The predicted molar refractivity (Wildman–Crippen MR) is 132 cm³/mol. The summed E-state index contributed by atoms with van der Waals surface area (Å²) in [7, 11) is 0. The zero-order valence-corrected chi connectivity index (χ0v) is 19.9. The van der Waals surface area contributed by atoms with Gasteiger partial charge in [-0.2, -0.15) is 5.10 Å². The number of carbonyl (C=O) groups is 2. The molecule has 1 aromatic heterocycles. The molecule has 10 heteroatoms. The minimum absolute atomic E-state index is 0.101. The number of amides is 1. The molecule has 4 rings (SSSR count). The van der Waals surface area contributed by atoms with E-state index in [0.29, 0.717) is 15.7 Å². The Labute approximate surface area is 206 Å². The van der Waals surface area contributed by atoms with E-state index >= 15 is 0 Å². The number of halogens is 1. The molecule has 1 aliphatic rings. The fourth-order valence-corrected chi connectivity index (χ4v) is 4.90. The molecular weight excluding hydrogens is 474 g/mol. The van der Waals surface area contributed by atoms with Crippen molar-refractivity contribution < 1.29 is 14.7 Å². The highest BCUT2D eigenvalue weighted by Gasteiger charge is 2.24. The van der Waals surface area contributed by atoms with Crippen LogP contribution in [0.4, 0.5) is 0 Å². The smallest absolute Gasteiger partial charge is 0.336 e. The van der Waals surface area contributed by atoms with Crippen LogP contribution in [-0.2, 0) is 4.79 Å². The van der Waals surface area contributed by atoms with Crippen LogP contribution in [0.5, 0.6) is 0 Å². The Balaban J connectivity index is 1.45. The van der Waals surface area contributed by atoms with Gasteiger partial charge in [-0.15, -0.1) is 10.2 Å². The van der Waals surface area contributed by atoms with Gasteiger partial charge in [0.2, 0.25) is 0 Å². The molecule has 2 aromatic carbocycles. The van der Waals surface area contributed by atoms with Crippen molar-refractivity contribution >= 4 is 41.5 Å². The van der Waals surface area contributed by atoms with Gasteiger partial charge in [0.25, 0.3) is 5.91 Å². The van der Waals surface area contributed by atoms with Crippen LogP contribution >= 0.6 is 23.4 Å². The molecule has 3 aromatic rings. The van der Waals surface area contributed by atoms with E-state index in [-0.39, 0.29) is 23.3 Å². The number of aromatic nitrogens is 3. The van der Waals surface area contributed by atoms with Crippen molar-refractivity contribution in [1.82, 2.24) is 20.2 Å². The van der Waals surface area contributed by atoms with Crippen molar-refractivity contribution in [2.45, 2.75) is 43.3 Å². The van der Waals surface area contributed by atoms with Crippen LogP contribution in [0.1, 0.15) is 54.1 Å². The number of hydrogen-bond acceptors (Lipinski definition) is 6. The standard InChI is InChI=1S/C24H24ClN5O3S/c25-18-12-10-16(11-13-18)22-28-29-24(30(22)19-7-2-1-3-8-19)34-15-21(31)27-26-14-17-6-4-5-9-20(17)23(32)33/h4-6,9-14,19H,1-3,7-8,15H2,(H,27,31)(H,32,33)/b26-14-. The molecular formula is C24H24ClN5O3S. The highest BCUT2D eigenvalue weighted by atomic mass is 35.5. The van der Waals surface area contributed by atoms with Gasteiger partial charge in [0.1, 0.15) is 0 Å². The fourth-order valence-electron chi connectivity index (χ4n) is 3.98. The van der Waals surface area contributed by atoms with Crippen LogP contribution in [0, 0.1) is 0 Å². The molecule has 1 fully saturated rings. The molecule has 0 saturated heterocycles. The number of hydrogen-bond donors (Lipinski definition) is 2. The molecule has 1 amide bonds. The van der Waals surface area contributed by atoms with Crippen LogP contribution in [0.15, 0.2) is 58.8 Å². The molecule has 0 unspecified atom stereocenters. The Bertz CT molecular complexity index is 1190. The first kappa shape index (κ1) is 24.0. The summed E-state index contributed by atoms with van der Waals surface area (Å²) in [4.78, 5) is 23.7. The summed E-state index contributed by atoms with van der Waals surface area (Å²) in [6, 6.07) is 14.3. The van der Waals surface area contributed by atoms with Gasteiger partial charge in [-0.25, -0.2) is 10.2 Å². The Morgan fingerprint density at radius 3 is 2.59 bits per heavy atom. The molecule has 2 N–H and O–H groups in total. The minimum atomic E-state index is -1.05. The van der Waals surface area contributed by atoms with Gasteiger partial charge >= 0.3 is 5.97 Å². The maximum absolute atomic E-state index is 12.4. The van der Waals surface area contributed by atoms with Gasteiger partial charge in [0, 0.05) is 22.2 Å². The van der Waals surface area contributed by atoms with Crippen molar-refractivity contribution in [3.8, 4) is 11.4 Å². The Morgan fingerprint density at radius 2 is 1.85 bits per heavy atom. The summed E-state index contributed by atoms with van der Waals surface area (Å²) < 4.78 is 2.15. The molecule has 1 aliphatic carbocycles. The second kappa shape index (κ2) is 11.3. The van der Waals surface area contributed by atoms with Crippen molar-refractivity contribution in [2.75, 3.05) is 5.75 Å². The summed E-state index contributed by atoms with van der Waals surface area (Å²) in [5.41, 5.74) is 3.91. The van der Waals surface area contributed by atoms with E-state index in [9.17, 15) is 14.7 Å². The first-order valence-corrected chi connectivity index (χ1v) is 12.4. The van der Waals surface area contributed by atoms with E-state index in [1.807, 2.05) is 24.3 Å². The van der Waals surface area contributed by atoms with Crippen LogP contribution in [-0.4, -0.2) is 43.7 Å². The first-order valence-electron chi connectivity index (χ1n) is 11.0. The first-order chi connectivity index (χ1) is 16.5. The van der Waals surface area contributed by atoms with Crippen LogP contribution in [0.25, 0.3) is 11.4 Å². The van der Waals surface area contributed by atoms with Gasteiger partial charge in [0.15, 0.2) is 11.0 Å². The fraction of sp³-hybridized carbons (Fsp3) is 0.292. The Kier molecular flexibility index (Phi) is 7.97. The van der Waals surface area contributed by atoms with Gasteiger partial charge in [-0.05, 0) is 43.2 Å². The van der Waals surface area contributed by atoms with E-state index < -0.39 is 5.97 Å². The van der Waals surface area contributed by atoms with E-state index in [1.165, 1.54) is 30.5 Å². The van der Waals surface area contributed by atoms with Crippen molar-refractivity contribution in [1.29, 1.82) is 0 Å². The second-order valence-electron chi connectivity index (χ2n) is 7.95. The average Bonchev–Trinajstić information content (AvgIpc) is 3.28. The molecule has 0 aliphatic heterocycles. The number of hydrazone groups is 1. The van der Waals surface area contributed by atoms with Crippen LogP contribution in [0.3, 0.4) is 0 Å². The lowest BCUT2D eigenvalue weighted by atomic mass is 9.95. The maximum Gasteiger partial charge on any atom is 0.336 e. The number of benzene rings is 2. The predicted octanol–water partition coefficient (Wildman–Crippen LogP) is 5.04. The normalized spacial score (nSPS) is 14.4. The molecule has 8 nitrogen and oxygen atoms in total. The highest BCUT2D eigenvalue weighted by Crippen LogP contribution is 2.35. The summed E-state index contributed by atoms with van der Waals surface area (Å²) in [6.45, 7) is 0. The molecule has 1 saturated carbocycles. The van der Waals surface area contributed by atoms with Crippen molar-refractivity contribution in [3.05, 3.63) is 64.7 Å². The molecule has 0 spiro atoms. The lowest BCUT2D eigenvalue weighted by molar-refractivity contribution is -0.118. The average molecular weight is 498 g/mol. The summed E-state index contributed by atoms with van der Waals surface area (Å²) >= 11 is 7.36. The third kappa shape index (κ3) is 5.84. The number of carbonyl (C=O) groups excluding carboxylic acids is 1. The van der Waals surface area contributed by atoms with Crippen molar-refractivity contribution in [2.24, 2.45) is 5.10 Å². The van der Waals surface area contributed by atoms with Gasteiger partial charge in [-0.1, -0.05) is 60.8 Å². The highest BCUT2D eigenvalue weighted by molar-refractivity contribution is 7.99. The Morgan fingerprint density at radius 1 is 1.12 bits per heavy atom. The summed E-state index contributed by atoms with van der Waals surface area (Å²) in [5.74, 6) is -0.499. The van der Waals surface area contributed by atoms with E-state index in [0.717, 1.165) is 37.1 Å². The van der Waals surface area contributed by atoms with Gasteiger partial charge in [0.05, 0.1) is 17.5 Å². The molecule has 0 bridgehead atoms. The number of nitrogens with zero attached hydrogens (tertiary/aromatic N) is 4. The summed E-state index contributed by atoms with van der Waals surface area (Å²) in [6.07, 6.45) is 6.95. The SMILES string of the molecule is O=C(CSc1nnc(-c2ccc(Cl)cc2)n1C1CCCCC1)N/N=C\c1ccccc1C(=O)O. The second-order valence-corrected chi connectivity index (χ2v) is 9.33. The molecule has 176 valence electrons. The number of carboxylic acids is 1. The molecule has 0 atom stereocenters. The van der Waals surface area contributed by atoms with Crippen LogP contribution < -0.4 is 5.43 Å². The van der Waals surface area contributed by atoms with Crippen LogP contribution in [0.2, 0.25) is 5.02 Å². The summed E-state index contributed by atoms with van der Waals surface area (Å²) in [5, 5.41) is 23.3. The number of aromatic carboxylic acids is 1. The number of thioether (sulfide) groups is 1. The molecule has 1 heterocycles. The number of nitrogens with one attached hydrogen (secondary N) is 1. The number of rotatable bonds is 8. The maximum atomic E-state index is 12.4. The van der Waals surface area contributed by atoms with E-state index in [4.69, 9.17) is 11.6 Å². The van der Waals surface area contributed by atoms with Gasteiger partial charge < -0.3 is 5.11 Å².